The van der Waals surface area contributed by atoms with E-state index in [-0.39, 0.29) is 0 Å². The van der Waals surface area contributed by atoms with Crippen molar-refractivity contribution in [2.24, 2.45) is 0 Å². The Morgan fingerprint density at radius 2 is 2.10 bits per heavy atom. The molecule has 0 radical (unpaired) electrons. The van der Waals surface area contributed by atoms with Gasteiger partial charge in [-0.1, -0.05) is 42.9 Å². The van der Waals surface area contributed by atoms with Crippen molar-refractivity contribution in [3.63, 3.8) is 0 Å². The highest BCUT2D eigenvalue weighted by Gasteiger charge is 2.16. The Morgan fingerprint density at radius 1 is 1.30 bits per heavy atom. The number of halogens is 1. The van der Waals surface area contributed by atoms with Crippen LogP contribution in [0.2, 0.25) is 5.02 Å². The summed E-state index contributed by atoms with van der Waals surface area (Å²) in [6, 6.07) is 6.17. The first kappa shape index (κ1) is 15.4. The van der Waals surface area contributed by atoms with Gasteiger partial charge < -0.3 is 5.32 Å². The van der Waals surface area contributed by atoms with Crippen LogP contribution in [-0.2, 0) is 0 Å². The fourth-order valence-corrected chi connectivity index (χ4v) is 3.29. The van der Waals surface area contributed by atoms with E-state index in [1.807, 2.05) is 18.2 Å². The molecule has 2 rings (SSSR count). The number of hydrogen-bond acceptors (Lipinski definition) is 4. The third kappa shape index (κ3) is 3.57. The summed E-state index contributed by atoms with van der Waals surface area (Å²) in [7, 11) is 0. The topological polar surface area (TPSA) is 37.8 Å². The van der Waals surface area contributed by atoms with Crippen LogP contribution in [0.15, 0.2) is 18.2 Å². The smallest absolute Gasteiger partial charge is 0.148 e. The van der Waals surface area contributed by atoms with Crippen LogP contribution in [0.4, 0.5) is 0 Å². The normalized spacial score (nSPS) is 12.6. The number of rotatable bonds is 6. The Bertz CT molecular complexity index is 568. The molecule has 0 spiro atoms. The first-order valence-electron chi connectivity index (χ1n) is 6.99. The van der Waals surface area contributed by atoms with E-state index >= 15 is 0 Å². The Labute approximate surface area is 129 Å². The summed E-state index contributed by atoms with van der Waals surface area (Å²) in [5.74, 6) is 0. The predicted octanol–water partition coefficient (Wildman–Crippen LogP) is 4.62. The molecule has 0 aliphatic rings. The van der Waals surface area contributed by atoms with Crippen molar-refractivity contribution in [3.8, 4) is 10.6 Å². The van der Waals surface area contributed by atoms with E-state index in [1.165, 1.54) is 5.56 Å². The molecule has 0 fully saturated rings. The van der Waals surface area contributed by atoms with Gasteiger partial charge in [-0.15, -0.1) is 10.2 Å². The number of nitrogens with zero attached hydrogens (tertiary/aromatic N) is 2. The molecule has 20 heavy (non-hydrogen) atoms. The third-order valence-corrected chi connectivity index (χ3v) is 4.52. The second-order valence-electron chi connectivity index (χ2n) is 4.82. The maximum atomic E-state index is 6.08. The van der Waals surface area contributed by atoms with Crippen molar-refractivity contribution in [1.29, 1.82) is 0 Å². The lowest BCUT2D eigenvalue weighted by molar-refractivity contribution is 0.513. The quantitative estimate of drug-likeness (QED) is 0.846. The van der Waals surface area contributed by atoms with Crippen LogP contribution in [0.5, 0.6) is 0 Å². The number of benzene rings is 1. The second-order valence-corrected chi connectivity index (χ2v) is 6.27. The van der Waals surface area contributed by atoms with E-state index < -0.39 is 0 Å². The van der Waals surface area contributed by atoms with Gasteiger partial charge in [0.05, 0.1) is 6.04 Å². The van der Waals surface area contributed by atoms with Crippen LogP contribution >= 0.6 is 22.9 Å². The van der Waals surface area contributed by atoms with Gasteiger partial charge >= 0.3 is 0 Å². The standard InChI is InChI=1S/C15H20ClN3S/c1-4-8-17-13(5-2)15-19-18-14(20-15)12-9-11(16)7-6-10(12)3/h6-7,9,13,17H,4-5,8H2,1-3H3. The Balaban J connectivity index is 2.25. The van der Waals surface area contributed by atoms with E-state index in [2.05, 4.69) is 36.3 Å². The summed E-state index contributed by atoms with van der Waals surface area (Å²) in [6.07, 6.45) is 2.14. The molecule has 3 nitrogen and oxygen atoms in total. The van der Waals surface area contributed by atoms with Crippen LogP contribution in [0.1, 0.15) is 43.3 Å². The van der Waals surface area contributed by atoms with Gasteiger partial charge in [-0.25, -0.2) is 0 Å². The zero-order valence-corrected chi connectivity index (χ0v) is 13.7. The molecule has 5 heteroatoms. The number of aryl methyl sites for hydroxylation is 1. The molecule has 1 N–H and O–H groups in total. The molecule has 0 saturated heterocycles. The van der Waals surface area contributed by atoms with E-state index in [1.54, 1.807) is 11.3 Å². The Hall–Kier alpha value is -0.970. The van der Waals surface area contributed by atoms with Gasteiger partial charge in [-0.2, -0.15) is 0 Å². The summed E-state index contributed by atoms with van der Waals surface area (Å²) in [5.41, 5.74) is 2.25. The molecular formula is C15H20ClN3S. The molecule has 0 saturated carbocycles. The summed E-state index contributed by atoms with van der Waals surface area (Å²) >= 11 is 7.72. The van der Waals surface area contributed by atoms with Crippen LogP contribution < -0.4 is 5.32 Å². The maximum absolute atomic E-state index is 6.08. The van der Waals surface area contributed by atoms with Gasteiger partial charge in [0.2, 0.25) is 0 Å². The molecule has 0 aliphatic heterocycles. The summed E-state index contributed by atoms with van der Waals surface area (Å²) < 4.78 is 0. The molecule has 1 aromatic carbocycles. The SMILES string of the molecule is CCCNC(CC)c1nnc(-c2cc(Cl)ccc2C)s1. The van der Waals surface area contributed by atoms with Crippen LogP contribution in [0, 0.1) is 6.92 Å². The molecule has 0 amide bonds. The average molecular weight is 310 g/mol. The molecule has 1 atom stereocenters. The fourth-order valence-electron chi connectivity index (χ4n) is 2.03. The molecule has 0 bridgehead atoms. The summed E-state index contributed by atoms with van der Waals surface area (Å²) in [6.45, 7) is 7.41. The van der Waals surface area contributed by atoms with Gasteiger partial charge in [-0.3, -0.25) is 0 Å². The predicted molar refractivity (Wildman–Crippen MR) is 86.4 cm³/mol. The van der Waals surface area contributed by atoms with Crippen molar-refractivity contribution >= 4 is 22.9 Å². The summed E-state index contributed by atoms with van der Waals surface area (Å²) in [5, 5.41) is 14.9. The van der Waals surface area contributed by atoms with Gasteiger partial charge in [0.1, 0.15) is 10.0 Å². The molecular weight excluding hydrogens is 290 g/mol. The lowest BCUT2D eigenvalue weighted by Gasteiger charge is -2.12. The molecule has 1 unspecified atom stereocenters. The van der Waals surface area contributed by atoms with E-state index in [0.29, 0.717) is 6.04 Å². The monoisotopic (exact) mass is 309 g/mol. The molecule has 1 aromatic heterocycles. The average Bonchev–Trinajstić information content (AvgIpc) is 2.92. The third-order valence-electron chi connectivity index (χ3n) is 3.22. The van der Waals surface area contributed by atoms with E-state index in [9.17, 15) is 0 Å². The van der Waals surface area contributed by atoms with Crippen molar-refractivity contribution < 1.29 is 0 Å². The van der Waals surface area contributed by atoms with Gasteiger partial charge in [0.25, 0.3) is 0 Å². The van der Waals surface area contributed by atoms with Crippen LogP contribution in [-0.4, -0.2) is 16.7 Å². The Kier molecular flexibility index (Phi) is 5.52. The molecule has 108 valence electrons. The Morgan fingerprint density at radius 3 is 2.80 bits per heavy atom. The van der Waals surface area contributed by atoms with Crippen molar-refractivity contribution in [2.75, 3.05) is 6.54 Å². The number of nitrogens with one attached hydrogen (secondary N) is 1. The van der Waals surface area contributed by atoms with Crippen LogP contribution in [0.25, 0.3) is 10.6 Å². The number of aromatic nitrogens is 2. The minimum absolute atomic E-state index is 0.292. The number of hydrogen-bond donors (Lipinski definition) is 1. The zero-order valence-electron chi connectivity index (χ0n) is 12.1. The van der Waals surface area contributed by atoms with Crippen molar-refractivity contribution in [1.82, 2.24) is 15.5 Å². The molecule has 0 aliphatic carbocycles. The maximum Gasteiger partial charge on any atom is 0.148 e. The van der Waals surface area contributed by atoms with Gasteiger partial charge in [-0.05, 0) is 44.0 Å². The first-order chi connectivity index (χ1) is 9.65. The fraction of sp³-hybridized carbons (Fsp3) is 0.467. The summed E-state index contributed by atoms with van der Waals surface area (Å²) in [4.78, 5) is 0. The second kappa shape index (κ2) is 7.16. The highest BCUT2D eigenvalue weighted by molar-refractivity contribution is 7.14. The highest BCUT2D eigenvalue weighted by atomic mass is 35.5. The van der Waals surface area contributed by atoms with Gasteiger partial charge in [0, 0.05) is 10.6 Å². The minimum atomic E-state index is 0.292. The van der Waals surface area contributed by atoms with E-state index in [0.717, 1.165) is 40.0 Å². The highest BCUT2D eigenvalue weighted by Crippen LogP contribution is 2.31. The minimum Gasteiger partial charge on any atom is -0.308 e. The van der Waals surface area contributed by atoms with Crippen molar-refractivity contribution in [3.05, 3.63) is 33.8 Å². The lowest BCUT2D eigenvalue weighted by atomic mass is 10.1. The molecule has 1 heterocycles. The van der Waals surface area contributed by atoms with Crippen molar-refractivity contribution in [2.45, 2.75) is 39.7 Å². The van der Waals surface area contributed by atoms with Crippen LogP contribution in [0.3, 0.4) is 0 Å². The zero-order chi connectivity index (χ0) is 14.5. The van der Waals surface area contributed by atoms with Gasteiger partial charge in [0.15, 0.2) is 0 Å². The lowest BCUT2D eigenvalue weighted by Crippen LogP contribution is -2.21. The molecule has 2 aromatic rings. The first-order valence-corrected chi connectivity index (χ1v) is 8.18. The largest absolute Gasteiger partial charge is 0.308 e. The van der Waals surface area contributed by atoms with E-state index in [4.69, 9.17) is 11.6 Å².